The van der Waals surface area contributed by atoms with E-state index >= 15 is 0 Å². The van der Waals surface area contributed by atoms with Crippen molar-refractivity contribution in [2.45, 2.75) is 26.4 Å². The summed E-state index contributed by atoms with van der Waals surface area (Å²) < 4.78 is 39.1. The van der Waals surface area contributed by atoms with Crippen LogP contribution in [0.25, 0.3) is 10.9 Å². The normalized spacial score (nSPS) is 12.1. The molecule has 0 aliphatic heterocycles. The van der Waals surface area contributed by atoms with Crippen LogP contribution in [0.15, 0.2) is 6.07 Å². The minimum absolute atomic E-state index is 0.244. The van der Waals surface area contributed by atoms with Crippen LogP contribution in [0.3, 0.4) is 0 Å². The van der Waals surface area contributed by atoms with Crippen LogP contribution in [0.5, 0.6) is 0 Å². The number of carboxylic acids is 1. The van der Waals surface area contributed by atoms with Gasteiger partial charge in [-0.25, -0.2) is 0 Å². The first-order valence-corrected chi connectivity index (χ1v) is 5.48. The standard InChI is InChI=1S/C12H11F3N2O2/c1-5-3-8(12(13,14)15)7(4-9(18)19)10-6(2)16-17-11(5)10/h3H,4H2,1-2H3,(H,16,17)(H,18,19). The summed E-state index contributed by atoms with van der Waals surface area (Å²) in [6.07, 6.45) is -5.28. The first kappa shape index (κ1) is 13.4. The summed E-state index contributed by atoms with van der Waals surface area (Å²) in [6, 6.07) is 0.945. The fourth-order valence-electron chi connectivity index (χ4n) is 2.18. The van der Waals surface area contributed by atoms with Crippen molar-refractivity contribution in [3.63, 3.8) is 0 Å². The SMILES string of the molecule is Cc1cc(C(F)(F)F)c(CC(=O)O)c2c(C)[nH]nc12. The summed E-state index contributed by atoms with van der Waals surface area (Å²) >= 11 is 0. The van der Waals surface area contributed by atoms with Crippen LogP contribution in [0.2, 0.25) is 0 Å². The highest BCUT2D eigenvalue weighted by Gasteiger charge is 2.35. The van der Waals surface area contributed by atoms with E-state index in [1.165, 1.54) is 6.92 Å². The molecule has 7 heteroatoms. The van der Waals surface area contributed by atoms with Gasteiger partial charge in [-0.1, -0.05) is 0 Å². The number of carbonyl (C=O) groups is 1. The Balaban J connectivity index is 2.87. The highest BCUT2D eigenvalue weighted by Crippen LogP contribution is 2.37. The molecule has 0 aliphatic carbocycles. The molecule has 19 heavy (non-hydrogen) atoms. The van der Waals surface area contributed by atoms with Gasteiger partial charge in [-0.2, -0.15) is 18.3 Å². The first-order chi connectivity index (χ1) is 8.71. The lowest BCUT2D eigenvalue weighted by Crippen LogP contribution is -2.13. The molecule has 2 N–H and O–H groups in total. The van der Waals surface area contributed by atoms with E-state index in [4.69, 9.17) is 5.11 Å². The summed E-state index contributed by atoms with van der Waals surface area (Å²) in [4.78, 5) is 10.8. The fraction of sp³-hybridized carbons (Fsp3) is 0.333. The van der Waals surface area contributed by atoms with E-state index in [2.05, 4.69) is 10.2 Å². The third-order valence-corrected chi connectivity index (χ3v) is 2.94. The van der Waals surface area contributed by atoms with Gasteiger partial charge in [-0.15, -0.1) is 0 Å². The number of aromatic nitrogens is 2. The van der Waals surface area contributed by atoms with Gasteiger partial charge >= 0.3 is 12.1 Å². The third kappa shape index (κ3) is 2.27. The van der Waals surface area contributed by atoms with Gasteiger partial charge in [-0.3, -0.25) is 9.89 Å². The average molecular weight is 272 g/mol. The van der Waals surface area contributed by atoms with E-state index in [1.807, 2.05) is 0 Å². The molecular formula is C12H11F3N2O2. The van der Waals surface area contributed by atoms with Gasteiger partial charge in [0.1, 0.15) is 0 Å². The quantitative estimate of drug-likeness (QED) is 0.883. The number of hydrogen-bond acceptors (Lipinski definition) is 2. The number of aliphatic carboxylic acids is 1. The lowest BCUT2D eigenvalue weighted by molar-refractivity contribution is -0.139. The lowest BCUT2D eigenvalue weighted by atomic mass is 9.95. The minimum atomic E-state index is -4.59. The molecule has 0 atom stereocenters. The van der Waals surface area contributed by atoms with Gasteiger partial charge in [0.15, 0.2) is 0 Å². The van der Waals surface area contributed by atoms with Crippen molar-refractivity contribution >= 4 is 16.9 Å². The lowest BCUT2D eigenvalue weighted by Gasteiger charge is -2.14. The van der Waals surface area contributed by atoms with Crippen molar-refractivity contribution in [3.05, 3.63) is 28.5 Å². The molecule has 0 saturated heterocycles. The maximum Gasteiger partial charge on any atom is 0.416 e. The molecule has 0 bridgehead atoms. The van der Waals surface area contributed by atoms with E-state index < -0.39 is 24.1 Å². The van der Waals surface area contributed by atoms with Crippen LogP contribution in [-0.4, -0.2) is 21.3 Å². The molecule has 2 aromatic rings. The molecule has 0 saturated carbocycles. The first-order valence-electron chi connectivity index (χ1n) is 5.48. The number of alkyl halides is 3. The maximum absolute atomic E-state index is 13.0. The Morgan fingerprint density at radius 3 is 2.58 bits per heavy atom. The molecule has 4 nitrogen and oxygen atoms in total. The Labute approximate surface area is 106 Å². The van der Waals surface area contributed by atoms with Crippen LogP contribution in [0.4, 0.5) is 13.2 Å². The number of H-pyrrole nitrogens is 1. The molecular weight excluding hydrogens is 261 g/mol. The molecule has 102 valence electrons. The summed E-state index contributed by atoms with van der Waals surface area (Å²) in [5.41, 5.74) is 0.0132. The van der Waals surface area contributed by atoms with E-state index in [9.17, 15) is 18.0 Å². The number of aryl methyl sites for hydroxylation is 2. The summed E-state index contributed by atoms with van der Waals surface area (Å²) in [7, 11) is 0. The van der Waals surface area contributed by atoms with Crippen molar-refractivity contribution < 1.29 is 23.1 Å². The Morgan fingerprint density at radius 1 is 1.42 bits per heavy atom. The molecule has 0 spiro atoms. The van der Waals surface area contributed by atoms with Crippen molar-refractivity contribution in [1.82, 2.24) is 10.2 Å². The molecule has 2 rings (SSSR count). The molecule has 0 amide bonds. The average Bonchev–Trinajstić information content (AvgIpc) is 2.63. The van der Waals surface area contributed by atoms with Crippen molar-refractivity contribution in [3.8, 4) is 0 Å². The van der Waals surface area contributed by atoms with E-state index in [0.29, 0.717) is 16.8 Å². The number of aromatic amines is 1. The van der Waals surface area contributed by atoms with Crippen molar-refractivity contribution in [2.75, 3.05) is 0 Å². The Bertz CT molecular complexity index is 659. The second-order valence-corrected chi connectivity index (χ2v) is 4.36. The van der Waals surface area contributed by atoms with Crippen LogP contribution in [0, 0.1) is 13.8 Å². The molecule has 1 heterocycles. The van der Waals surface area contributed by atoms with Crippen LogP contribution < -0.4 is 0 Å². The molecule has 0 unspecified atom stereocenters. The predicted octanol–water partition coefficient (Wildman–Crippen LogP) is 2.83. The highest BCUT2D eigenvalue weighted by atomic mass is 19.4. The number of benzene rings is 1. The van der Waals surface area contributed by atoms with E-state index in [1.54, 1.807) is 6.92 Å². The highest BCUT2D eigenvalue weighted by molar-refractivity contribution is 5.91. The zero-order valence-electron chi connectivity index (χ0n) is 10.2. The van der Waals surface area contributed by atoms with Crippen molar-refractivity contribution in [2.24, 2.45) is 0 Å². The zero-order valence-corrected chi connectivity index (χ0v) is 10.2. The van der Waals surface area contributed by atoms with Gasteiger partial charge in [0, 0.05) is 11.1 Å². The topological polar surface area (TPSA) is 66.0 Å². The third-order valence-electron chi connectivity index (χ3n) is 2.94. The van der Waals surface area contributed by atoms with E-state index in [-0.39, 0.29) is 10.9 Å². The Hall–Kier alpha value is -2.05. The molecule has 0 radical (unpaired) electrons. The number of halogens is 3. The van der Waals surface area contributed by atoms with E-state index in [0.717, 1.165) is 6.07 Å². The van der Waals surface area contributed by atoms with Crippen molar-refractivity contribution in [1.29, 1.82) is 0 Å². The predicted molar refractivity (Wildman–Crippen MR) is 61.9 cm³/mol. The molecule has 1 aromatic carbocycles. The number of rotatable bonds is 2. The number of fused-ring (bicyclic) bond motifs is 1. The summed E-state index contributed by atoms with van der Waals surface area (Å²) in [6.45, 7) is 3.09. The Kier molecular flexibility index (Phi) is 3.00. The number of carboxylic acid groups (broad SMARTS) is 1. The van der Waals surface area contributed by atoms with Crippen LogP contribution in [-0.2, 0) is 17.4 Å². The van der Waals surface area contributed by atoms with Gasteiger partial charge in [0.2, 0.25) is 0 Å². The van der Waals surface area contributed by atoms with Gasteiger partial charge < -0.3 is 5.11 Å². The molecule has 0 fully saturated rings. The zero-order chi connectivity index (χ0) is 14.4. The minimum Gasteiger partial charge on any atom is -0.481 e. The number of hydrogen-bond donors (Lipinski definition) is 2. The smallest absolute Gasteiger partial charge is 0.416 e. The number of nitrogens with one attached hydrogen (secondary N) is 1. The van der Waals surface area contributed by atoms with Crippen LogP contribution >= 0.6 is 0 Å². The van der Waals surface area contributed by atoms with Gasteiger partial charge in [-0.05, 0) is 31.0 Å². The monoisotopic (exact) mass is 272 g/mol. The summed E-state index contributed by atoms with van der Waals surface area (Å²) in [5.74, 6) is -1.31. The molecule has 1 aromatic heterocycles. The van der Waals surface area contributed by atoms with Gasteiger partial charge in [0.25, 0.3) is 0 Å². The largest absolute Gasteiger partial charge is 0.481 e. The maximum atomic E-state index is 13.0. The molecule has 0 aliphatic rings. The van der Waals surface area contributed by atoms with Gasteiger partial charge in [0.05, 0.1) is 17.5 Å². The number of nitrogens with zero attached hydrogens (tertiary/aromatic N) is 1. The summed E-state index contributed by atoms with van der Waals surface area (Å²) in [5, 5.41) is 15.6. The van der Waals surface area contributed by atoms with Crippen LogP contribution in [0.1, 0.15) is 22.4 Å². The second-order valence-electron chi connectivity index (χ2n) is 4.36. The second kappa shape index (κ2) is 4.25. The Morgan fingerprint density at radius 2 is 2.05 bits per heavy atom. The fourth-order valence-corrected chi connectivity index (χ4v) is 2.18.